The third-order valence-electron chi connectivity index (χ3n) is 3.16. The minimum absolute atomic E-state index is 0.138. The molecule has 0 aliphatic heterocycles. The summed E-state index contributed by atoms with van der Waals surface area (Å²) >= 11 is 0. The Morgan fingerprint density at radius 2 is 1.83 bits per heavy atom. The number of anilines is 2. The van der Waals surface area contributed by atoms with Crippen molar-refractivity contribution in [2.75, 3.05) is 30.9 Å². The Bertz CT molecular complexity index is 626. The zero-order valence-electron chi connectivity index (χ0n) is 13.5. The molecule has 1 amide bonds. The summed E-state index contributed by atoms with van der Waals surface area (Å²) in [5.41, 5.74) is 1.52. The summed E-state index contributed by atoms with van der Waals surface area (Å²) in [5, 5.41) is 5.90. The van der Waals surface area contributed by atoms with Gasteiger partial charge < -0.3 is 20.1 Å². The van der Waals surface area contributed by atoms with Crippen LogP contribution in [0.1, 0.15) is 13.3 Å². The average molecular weight is 314 g/mol. The quantitative estimate of drug-likeness (QED) is 0.782. The van der Waals surface area contributed by atoms with Crippen molar-refractivity contribution in [1.82, 2.24) is 0 Å². The van der Waals surface area contributed by atoms with Crippen molar-refractivity contribution in [3.8, 4) is 11.5 Å². The van der Waals surface area contributed by atoms with E-state index < -0.39 is 0 Å². The van der Waals surface area contributed by atoms with Crippen LogP contribution in [0, 0.1) is 0 Å². The number of carbonyl (C=O) groups is 1. The number of hydrogen-bond donors (Lipinski definition) is 2. The largest absolute Gasteiger partial charge is 0.495 e. The molecule has 0 spiro atoms. The standard InChI is InChI=1S/C18H22N2O3/c1-3-12-23-15-10-8-14(9-11-15)19-13-18(21)20-16-6-4-5-7-17(16)22-2/h4-11,19H,3,12-13H2,1-2H3,(H,20,21). The number of carbonyl (C=O) groups excluding carboxylic acids is 1. The fraction of sp³-hybridized carbons (Fsp3) is 0.278. The van der Waals surface area contributed by atoms with Crippen LogP contribution in [0.2, 0.25) is 0 Å². The summed E-state index contributed by atoms with van der Waals surface area (Å²) in [6, 6.07) is 14.9. The van der Waals surface area contributed by atoms with Gasteiger partial charge in [-0.05, 0) is 42.8 Å². The fourth-order valence-corrected chi connectivity index (χ4v) is 2.01. The molecule has 0 fully saturated rings. The molecule has 0 bridgehead atoms. The van der Waals surface area contributed by atoms with E-state index in [1.807, 2.05) is 36.4 Å². The van der Waals surface area contributed by atoms with E-state index in [1.54, 1.807) is 19.2 Å². The highest BCUT2D eigenvalue weighted by atomic mass is 16.5. The summed E-state index contributed by atoms with van der Waals surface area (Å²) < 4.78 is 10.7. The minimum Gasteiger partial charge on any atom is -0.495 e. The predicted molar refractivity (Wildman–Crippen MR) is 92.3 cm³/mol. The molecule has 5 heteroatoms. The number of nitrogens with one attached hydrogen (secondary N) is 2. The molecule has 0 saturated heterocycles. The van der Waals surface area contributed by atoms with Crippen LogP contribution >= 0.6 is 0 Å². The lowest BCUT2D eigenvalue weighted by molar-refractivity contribution is -0.114. The van der Waals surface area contributed by atoms with Crippen LogP contribution < -0.4 is 20.1 Å². The van der Waals surface area contributed by atoms with Crippen LogP contribution in [0.25, 0.3) is 0 Å². The van der Waals surface area contributed by atoms with Gasteiger partial charge in [0, 0.05) is 5.69 Å². The van der Waals surface area contributed by atoms with Crippen molar-refractivity contribution in [3.05, 3.63) is 48.5 Å². The molecule has 0 aliphatic carbocycles. The smallest absolute Gasteiger partial charge is 0.243 e. The van der Waals surface area contributed by atoms with E-state index in [1.165, 1.54) is 0 Å². The molecule has 0 unspecified atom stereocenters. The zero-order valence-corrected chi connectivity index (χ0v) is 13.5. The Hall–Kier alpha value is -2.69. The second-order valence-corrected chi connectivity index (χ2v) is 4.97. The summed E-state index contributed by atoms with van der Waals surface area (Å²) in [7, 11) is 1.57. The van der Waals surface area contributed by atoms with E-state index in [4.69, 9.17) is 9.47 Å². The molecule has 2 aromatic rings. The van der Waals surface area contributed by atoms with Gasteiger partial charge in [0.1, 0.15) is 11.5 Å². The van der Waals surface area contributed by atoms with Crippen molar-refractivity contribution < 1.29 is 14.3 Å². The maximum absolute atomic E-state index is 12.0. The number of ether oxygens (including phenoxy) is 2. The van der Waals surface area contributed by atoms with Gasteiger partial charge in [0.2, 0.25) is 5.91 Å². The first-order valence-electron chi connectivity index (χ1n) is 7.62. The van der Waals surface area contributed by atoms with Crippen LogP contribution in [-0.4, -0.2) is 26.2 Å². The number of methoxy groups -OCH3 is 1. The van der Waals surface area contributed by atoms with Crippen molar-refractivity contribution in [2.24, 2.45) is 0 Å². The SMILES string of the molecule is CCCOc1ccc(NCC(=O)Nc2ccccc2OC)cc1. The number of para-hydroxylation sites is 2. The van der Waals surface area contributed by atoms with Crippen LogP contribution in [0.3, 0.4) is 0 Å². The maximum atomic E-state index is 12.0. The predicted octanol–water partition coefficient (Wildman–Crippen LogP) is 3.53. The molecule has 0 atom stereocenters. The van der Waals surface area contributed by atoms with Gasteiger partial charge in [-0.25, -0.2) is 0 Å². The second kappa shape index (κ2) is 8.68. The number of benzene rings is 2. The molecule has 2 aromatic carbocycles. The van der Waals surface area contributed by atoms with E-state index in [0.717, 1.165) is 17.9 Å². The van der Waals surface area contributed by atoms with Crippen molar-refractivity contribution in [1.29, 1.82) is 0 Å². The molecule has 0 heterocycles. The fourth-order valence-electron chi connectivity index (χ4n) is 2.01. The second-order valence-electron chi connectivity index (χ2n) is 4.97. The molecular weight excluding hydrogens is 292 g/mol. The normalized spacial score (nSPS) is 10.0. The van der Waals surface area contributed by atoms with Gasteiger partial charge in [-0.1, -0.05) is 19.1 Å². The highest BCUT2D eigenvalue weighted by Crippen LogP contribution is 2.22. The van der Waals surface area contributed by atoms with Gasteiger partial charge >= 0.3 is 0 Å². The molecule has 0 aliphatic rings. The molecule has 0 saturated carbocycles. The summed E-state index contributed by atoms with van der Waals surface area (Å²) in [4.78, 5) is 12.0. The van der Waals surface area contributed by atoms with E-state index in [9.17, 15) is 4.79 Å². The number of amides is 1. The first-order chi connectivity index (χ1) is 11.2. The first-order valence-corrected chi connectivity index (χ1v) is 7.62. The molecular formula is C18H22N2O3. The lowest BCUT2D eigenvalue weighted by Gasteiger charge is -2.11. The monoisotopic (exact) mass is 314 g/mol. The van der Waals surface area contributed by atoms with E-state index in [0.29, 0.717) is 18.0 Å². The molecule has 2 N–H and O–H groups in total. The molecule has 23 heavy (non-hydrogen) atoms. The number of rotatable bonds is 8. The van der Waals surface area contributed by atoms with Crippen molar-refractivity contribution in [2.45, 2.75) is 13.3 Å². The van der Waals surface area contributed by atoms with Crippen molar-refractivity contribution >= 4 is 17.3 Å². The summed E-state index contributed by atoms with van der Waals surface area (Å²) in [6.07, 6.45) is 0.975. The van der Waals surface area contributed by atoms with Crippen LogP contribution in [0.15, 0.2) is 48.5 Å². The highest BCUT2D eigenvalue weighted by Gasteiger charge is 2.06. The average Bonchev–Trinajstić information content (AvgIpc) is 2.59. The molecule has 0 radical (unpaired) electrons. The molecule has 0 aromatic heterocycles. The third-order valence-corrected chi connectivity index (χ3v) is 3.16. The lowest BCUT2D eigenvalue weighted by Crippen LogP contribution is -2.22. The Labute approximate surface area is 136 Å². The van der Waals surface area contributed by atoms with E-state index >= 15 is 0 Å². The van der Waals surface area contributed by atoms with Crippen LogP contribution in [0.4, 0.5) is 11.4 Å². The maximum Gasteiger partial charge on any atom is 0.243 e. The summed E-state index contributed by atoms with van der Waals surface area (Å²) in [6.45, 7) is 2.94. The van der Waals surface area contributed by atoms with E-state index in [2.05, 4.69) is 17.6 Å². The number of hydrogen-bond acceptors (Lipinski definition) is 4. The zero-order chi connectivity index (χ0) is 16.5. The van der Waals surface area contributed by atoms with Gasteiger partial charge in [-0.2, -0.15) is 0 Å². The molecule has 2 rings (SSSR count). The third kappa shape index (κ3) is 5.21. The van der Waals surface area contributed by atoms with Gasteiger partial charge in [0.05, 0.1) is 25.9 Å². The van der Waals surface area contributed by atoms with Gasteiger partial charge in [0.25, 0.3) is 0 Å². The highest BCUT2D eigenvalue weighted by molar-refractivity contribution is 5.95. The molecule has 5 nitrogen and oxygen atoms in total. The minimum atomic E-state index is -0.138. The Morgan fingerprint density at radius 1 is 1.09 bits per heavy atom. The Morgan fingerprint density at radius 3 is 2.52 bits per heavy atom. The topological polar surface area (TPSA) is 59.6 Å². The van der Waals surface area contributed by atoms with Crippen LogP contribution in [0.5, 0.6) is 11.5 Å². The lowest BCUT2D eigenvalue weighted by atomic mass is 10.3. The molecule has 122 valence electrons. The summed E-state index contributed by atoms with van der Waals surface area (Å²) in [5.74, 6) is 1.33. The van der Waals surface area contributed by atoms with Gasteiger partial charge in [-0.3, -0.25) is 4.79 Å². The van der Waals surface area contributed by atoms with Crippen LogP contribution in [-0.2, 0) is 4.79 Å². The van der Waals surface area contributed by atoms with Crippen molar-refractivity contribution in [3.63, 3.8) is 0 Å². The first kappa shape index (κ1) is 16.7. The Kier molecular flexibility index (Phi) is 6.29. The Balaban J connectivity index is 1.84. The van der Waals surface area contributed by atoms with Gasteiger partial charge in [0.15, 0.2) is 0 Å². The van der Waals surface area contributed by atoms with E-state index in [-0.39, 0.29) is 12.5 Å². The van der Waals surface area contributed by atoms with Gasteiger partial charge in [-0.15, -0.1) is 0 Å².